The molecule has 1 heterocycles. The average Bonchev–Trinajstić information content (AvgIpc) is 2.61. The Morgan fingerprint density at radius 2 is 1.95 bits per heavy atom. The fourth-order valence-corrected chi connectivity index (χ4v) is 5.65. The molecule has 1 saturated carbocycles. The standard InChI is InChI=1S/C17H25BrN2S/c1-16(2)8-15-9-17(3,11-16)12-20(15)21-19-10-13-4-6-14(18)7-5-13/h4-7,15,19H,8-12H2,1-3H3. The molecule has 21 heavy (non-hydrogen) atoms. The molecule has 0 aromatic heterocycles. The first-order valence-corrected chi connectivity index (χ1v) is 9.33. The first-order valence-electron chi connectivity index (χ1n) is 7.76. The van der Waals surface area contributed by atoms with E-state index in [1.165, 1.54) is 31.4 Å². The van der Waals surface area contributed by atoms with Crippen molar-refractivity contribution in [2.75, 3.05) is 6.54 Å². The lowest BCUT2D eigenvalue weighted by Crippen LogP contribution is -2.33. The van der Waals surface area contributed by atoms with E-state index in [1.807, 2.05) is 12.1 Å². The molecule has 4 heteroatoms. The van der Waals surface area contributed by atoms with E-state index in [-0.39, 0.29) is 0 Å². The summed E-state index contributed by atoms with van der Waals surface area (Å²) in [6.07, 6.45) is 4.05. The smallest absolute Gasteiger partial charge is 0.0322 e. The van der Waals surface area contributed by atoms with Gasteiger partial charge in [0.1, 0.15) is 0 Å². The van der Waals surface area contributed by atoms with Crippen molar-refractivity contribution in [3.05, 3.63) is 34.3 Å². The third-order valence-corrected chi connectivity index (χ3v) is 6.20. The molecule has 3 rings (SSSR count). The summed E-state index contributed by atoms with van der Waals surface area (Å²) >= 11 is 5.31. The third-order valence-electron chi connectivity index (χ3n) is 4.74. The summed E-state index contributed by atoms with van der Waals surface area (Å²) in [6.45, 7) is 9.47. The molecule has 0 amide bonds. The molecule has 1 aromatic carbocycles. The number of nitrogens with zero attached hydrogens (tertiary/aromatic N) is 1. The first kappa shape index (κ1) is 15.9. The van der Waals surface area contributed by atoms with E-state index >= 15 is 0 Å². The van der Waals surface area contributed by atoms with Crippen LogP contribution in [0, 0.1) is 10.8 Å². The molecule has 1 aliphatic carbocycles. The van der Waals surface area contributed by atoms with E-state index in [4.69, 9.17) is 0 Å². The molecule has 116 valence electrons. The fraction of sp³-hybridized carbons (Fsp3) is 0.647. The van der Waals surface area contributed by atoms with Gasteiger partial charge in [-0.25, -0.2) is 9.03 Å². The second kappa shape index (κ2) is 5.88. The third kappa shape index (κ3) is 3.84. The summed E-state index contributed by atoms with van der Waals surface area (Å²) in [5, 5.41) is 0. The zero-order valence-electron chi connectivity index (χ0n) is 13.2. The zero-order valence-corrected chi connectivity index (χ0v) is 15.6. The van der Waals surface area contributed by atoms with Crippen molar-refractivity contribution in [2.24, 2.45) is 10.8 Å². The minimum atomic E-state index is 0.499. The Labute approximate surface area is 141 Å². The number of benzene rings is 1. The molecule has 1 aliphatic heterocycles. The monoisotopic (exact) mass is 368 g/mol. The van der Waals surface area contributed by atoms with Crippen LogP contribution in [0.25, 0.3) is 0 Å². The van der Waals surface area contributed by atoms with E-state index in [1.54, 1.807) is 0 Å². The lowest BCUT2D eigenvalue weighted by atomic mass is 9.65. The van der Waals surface area contributed by atoms with Crippen LogP contribution in [0.15, 0.2) is 28.7 Å². The van der Waals surface area contributed by atoms with Crippen LogP contribution in [-0.2, 0) is 6.54 Å². The Morgan fingerprint density at radius 3 is 2.67 bits per heavy atom. The highest BCUT2D eigenvalue weighted by Crippen LogP contribution is 2.53. The highest BCUT2D eigenvalue weighted by molar-refractivity contribution is 9.10. The number of halogens is 1. The molecule has 2 fully saturated rings. The molecule has 2 atom stereocenters. The van der Waals surface area contributed by atoms with Gasteiger partial charge in [0.05, 0.1) is 0 Å². The summed E-state index contributed by atoms with van der Waals surface area (Å²) in [6, 6.07) is 9.29. The van der Waals surface area contributed by atoms with Crippen LogP contribution in [0.5, 0.6) is 0 Å². The second-order valence-electron chi connectivity index (χ2n) is 7.83. The highest BCUT2D eigenvalue weighted by atomic mass is 79.9. The molecule has 2 bridgehead atoms. The second-order valence-corrected chi connectivity index (χ2v) is 9.68. The molecule has 2 unspecified atom stereocenters. The summed E-state index contributed by atoms with van der Waals surface area (Å²) in [5.74, 6) is 0. The maximum absolute atomic E-state index is 3.55. The Bertz CT molecular complexity index is 502. The minimum absolute atomic E-state index is 0.499. The Balaban J connectivity index is 1.53. The molecule has 1 N–H and O–H groups in total. The molecule has 0 radical (unpaired) electrons. The van der Waals surface area contributed by atoms with Gasteiger partial charge < -0.3 is 0 Å². The Morgan fingerprint density at radius 1 is 1.24 bits per heavy atom. The van der Waals surface area contributed by atoms with Crippen molar-refractivity contribution < 1.29 is 0 Å². The van der Waals surface area contributed by atoms with Gasteiger partial charge in [-0.15, -0.1) is 0 Å². The van der Waals surface area contributed by atoms with Crippen molar-refractivity contribution in [1.82, 2.24) is 9.03 Å². The van der Waals surface area contributed by atoms with E-state index in [0.29, 0.717) is 10.8 Å². The quantitative estimate of drug-likeness (QED) is 0.752. The summed E-state index contributed by atoms with van der Waals surface area (Å²) in [4.78, 5) is 0. The Kier molecular flexibility index (Phi) is 4.44. The van der Waals surface area contributed by atoms with Crippen molar-refractivity contribution in [3.63, 3.8) is 0 Å². The van der Waals surface area contributed by atoms with Crippen LogP contribution >= 0.6 is 28.1 Å². The van der Waals surface area contributed by atoms with Gasteiger partial charge in [0.25, 0.3) is 0 Å². The molecule has 2 nitrogen and oxygen atoms in total. The van der Waals surface area contributed by atoms with Gasteiger partial charge >= 0.3 is 0 Å². The topological polar surface area (TPSA) is 15.3 Å². The number of nitrogens with one attached hydrogen (secondary N) is 1. The van der Waals surface area contributed by atoms with Crippen molar-refractivity contribution >= 4 is 28.1 Å². The lowest BCUT2D eigenvalue weighted by molar-refractivity contribution is 0.133. The SMILES string of the molecule is CC1(C)CC2CC(C)(CN2SNCc2ccc(Br)cc2)C1. The van der Waals surface area contributed by atoms with Gasteiger partial charge in [-0.3, -0.25) is 0 Å². The largest absolute Gasteiger partial charge is 0.246 e. The maximum Gasteiger partial charge on any atom is 0.0322 e. The van der Waals surface area contributed by atoms with Crippen LogP contribution in [0.1, 0.15) is 45.6 Å². The molecule has 1 saturated heterocycles. The van der Waals surface area contributed by atoms with Gasteiger partial charge in [-0.05, 0) is 47.8 Å². The van der Waals surface area contributed by atoms with E-state index in [9.17, 15) is 0 Å². The van der Waals surface area contributed by atoms with Crippen LogP contribution in [0.2, 0.25) is 0 Å². The van der Waals surface area contributed by atoms with Gasteiger partial charge in [-0.1, -0.05) is 48.8 Å². The van der Waals surface area contributed by atoms with Crippen molar-refractivity contribution in [2.45, 2.75) is 52.6 Å². The Hall–Kier alpha value is -0.0300. The molecule has 0 spiro atoms. The van der Waals surface area contributed by atoms with E-state index in [0.717, 1.165) is 17.1 Å². The van der Waals surface area contributed by atoms with Crippen LogP contribution in [0.4, 0.5) is 0 Å². The van der Waals surface area contributed by atoms with Gasteiger partial charge in [-0.2, -0.15) is 0 Å². The number of rotatable bonds is 4. The van der Waals surface area contributed by atoms with Crippen LogP contribution in [0.3, 0.4) is 0 Å². The molecule has 2 aliphatic rings. The highest BCUT2D eigenvalue weighted by Gasteiger charge is 2.49. The summed E-state index contributed by atoms with van der Waals surface area (Å²) < 4.78 is 7.28. The summed E-state index contributed by atoms with van der Waals surface area (Å²) in [7, 11) is 0. The number of fused-ring (bicyclic) bond motifs is 2. The first-order chi connectivity index (χ1) is 9.85. The molecular weight excluding hydrogens is 344 g/mol. The summed E-state index contributed by atoms with van der Waals surface area (Å²) in [5.41, 5.74) is 2.34. The zero-order chi connectivity index (χ0) is 15.1. The predicted molar refractivity (Wildman–Crippen MR) is 94.8 cm³/mol. The van der Waals surface area contributed by atoms with Crippen molar-refractivity contribution in [3.8, 4) is 0 Å². The number of hydrogen-bond donors (Lipinski definition) is 1. The van der Waals surface area contributed by atoms with Gasteiger partial charge in [0, 0.05) is 35.7 Å². The number of hydrogen-bond acceptors (Lipinski definition) is 3. The van der Waals surface area contributed by atoms with Gasteiger partial charge in [0.2, 0.25) is 0 Å². The lowest BCUT2D eigenvalue weighted by Gasteiger charge is -2.39. The minimum Gasteiger partial charge on any atom is -0.246 e. The van der Waals surface area contributed by atoms with E-state index < -0.39 is 0 Å². The normalized spacial score (nSPS) is 31.5. The average molecular weight is 369 g/mol. The molecular formula is C17H25BrN2S. The maximum atomic E-state index is 3.55. The molecule has 1 aromatic rings. The van der Waals surface area contributed by atoms with Crippen molar-refractivity contribution in [1.29, 1.82) is 0 Å². The van der Waals surface area contributed by atoms with E-state index in [2.05, 4.69) is 70.0 Å². The van der Waals surface area contributed by atoms with Crippen LogP contribution in [-0.4, -0.2) is 16.9 Å². The van der Waals surface area contributed by atoms with Gasteiger partial charge in [0.15, 0.2) is 0 Å². The van der Waals surface area contributed by atoms with Crippen LogP contribution < -0.4 is 4.72 Å². The fourth-order valence-electron chi connectivity index (χ4n) is 4.32. The predicted octanol–water partition coefficient (Wildman–Crippen LogP) is 5.00.